The summed E-state index contributed by atoms with van der Waals surface area (Å²) < 4.78 is 25.7. The highest BCUT2D eigenvalue weighted by Crippen LogP contribution is 2.19. The van der Waals surface area contributed by atoms with Gasteiger partial charge in [-0.2, -0.15) is 0 Å². The lowest BCUT2D eigenvalue weighted by atomic mass is 10.4. The zero-order chi connectivity index (χ0) is 13.2. The van der Waals surface area contributed by atoms with Crippen molar-refractivity contribution < 1.29 is 8.42 Å². The van der Waals surface area contributed by atoms with Crippen LogP contribution in [0.25, 0.3) is 0 Å². The maximum atomic E-state index is 12.3. The van der Waals surface area contributed by atoms with Gasteiger partial charge in [0.05, 0.1) is 0 Å². The molecule has 0 fully saturated rings. The van der Waals surface area contributed by atoms with Crippen LogP contribution in [0.2, 0.25) is 0 Å². The molecule has 5 nitrogen and oxygen atoms in total. The van der Waals surface area contributed by atoms with E-state index in [2.05, 4.69) is 9.97 Å². The van der Waals surface area contributed by atoms with Gasteiger partial charge in [-0.05, 0) is 31.2 Å². The maximum Gasteiger partial charge on any atom is 0.266 e. The molecule has 0 radical (unpaired) electrons. The number of aromatic nitrogens is 2. The van der Waals surface area contributed by atoms with Crippen LogP contribution in [0, 0.1) is 6.92 Å². The molecular weight excluding hydrogens is 250 g/mol. The van der Waals surface area contributed by atoms with Crippen molar-refractivity contribution in [1.82, 2.24) is 9.97 Å². The summed E-state index contributed by atoms with van der Waals surface area (Å²) in [5, 5.41) is 0. The Labute approximate surface area is 106 Å². The van der Waals surface area contributed by atoms with E-state index in [-0.39, 0.29) is 4.90 Å². The second-order valence-corrected chi connectivity index (χ2v) is 5.77. The maximum absolute atomic E-state index is 12.3. The highest BCUT2D eigenvalue weighted by atomic mass is 32.2. The molecule has 0 spiro atoms. The number of hydrogen-bond donors (Lipinski definition) is 0. The molecule has 2 aromatic heterocycles. The fourth-order valence-electron chi connectivity index (χ4n) is 1.48. The minimum absolute atomic E-state index is 0.149. The topological polar surface area (TPSA) is 63.2 Å². The first kappa shape index (κ1) is 12.5. The second-order valence-electron chi connectivity index (χ2n) is 3.80. The molecule has 0 aliphatic rings. The molecule has 0 atom stereocenters. The van der Waals surface area contributed by atoms with E-state index in [1.54, 1.807) is 18.2 Å². The van der Waals surface area contributed by atoms with Crippen molar-refractivity contribution >= 4 is 15.8 Å². The third-order valence-electron chi connectivity index (χ3n) is 2.49. The van der Waals surface area contributed by atoms with Gasteiger partial charge in [0.25, 0.3) is 10.0 Å². The van der Waals surface area contributed by atoms with Gasteiger partial charge in [0, 0.05) is 25.1 Å². The van der Waals surface area contributed by atoms with Gasteiger partial charge in [-0.15, -0.1) is 0 Å². The molecule has 6 heteroatoms. The average Bonchev–Trinajstić information content (AvgIpc) is 2.39. The Kier molecular flexibility index (Phi) is 3.29. The molecule has 0 aromatic carbocycles. The van der Waals surface area contributed by atoms with Gasteiger partial charge in [-0.25, -0.2) is 13.4 Å². The van der Waals surface area contributed by atoms with Gasteiger partial charge < -0.3 is 0 Å². The van der Waals surface area contributed by atoms with Crippen molar-refractivity contribution in [3.05, 3.63) is 48.4 Å². The number of anilines is 1. The minimum Gasteiger partial charge on any atom is -0.263 e. The largest absolute Gasteiger partial charge is 0.266 e. The van der Waals surface area contributed by atoms with Crippen LogP contribution in [0.5, 0.6) is 0 Å². The summed E-state index contributed by atoms with van der Waals surface area (Å²) in [6.07, 6.45) is 2.85. The summed E-state index contributed by atoms with van der Waals surface area (Å²) in [5.41, 5.74) is 0.765. The van der Waals surface area contributed by atoms with E-state index in [9.17, 15) is 8.42 Å². The van der Waals surface area contributed by atoms with Crippen LogP contribution in [0.3, 0.4) is 0 Å². The third kappa shape index (κ3) is 2.33. The summed E-state index contributed by atoms with van der Waals surface area (Å²) in [4.78, 5) is 8.16. The zero-order valence-electron chi connectivity index (χ0n) is 10.1. The van der Waals surface area contributed by atoms with Crippen LogP contribution in [0.1, 0.15) is 5.69 Å². The van der Waals surface area contributed by atoms with Crippen LogP contribution in [-0.4, -0.2) is 25.4 Å². The van der Waals surface area contributed by atoms with Gasteiger partial charge >= 0.3 is 0 Å². The van der Waals surface area contributed by atoms with Crippen LogP contribution in [0.15, 0.2) is 47.6 Å². The molecule has 2 heterocycles. The molecule has 0 aliphatic carbocycles. The van der Waals surface area contributed by atoms with Gasteiger partial charge in [0.1, 0.15) is 10.7 Å². The fraction of sp³-hybridized carbons (Fsp3) is 0.167. The van der Waals surface area contributed by atoms with E-state index >= 15 is 0 Å². The lowest BCUT2D eigenvalue weighted by molar-refractivity contribution is 0.593. The summed E-state index contributed by atoms with van der Waals surface area (Å²) in [6, 6.07) is 8.33. The smallest absolute Gasteiger partial charge is 0.263 e. The van der Waals surface area contributed by atoms with E-state index < -0.39 is 10.0 Å². The summed E-state index contributed by atoms with van der Waals surface area (Å²) in [5.74, 6) is 0.388. The number of hydrogen-bond acceptors (Lipinski definition) is 4. The summed E-state index contributed by atoms with van der Waals surface area (Å²) >= 11 is 0. The standard InChI is InChI=1S/C12H13N3O2S/c1-10-5-3-7-12(14-10)15(2)18(16,17)11-6-4-8-13-9-11/h3-9H,1-2H3. The van der Waals surface area contributed by atoms with E-state index in [0.29, 0.717) is 5.82 Å². The Morgan fingerprint density at radius 2 is 1.94 bits per heavy atom. The SMILES string of the molecule is Cc1cccc(N(C)S(=O)(=O)c2cccnc2)n1. The van der Waals surface area contributed by atoms with E-state index in [1.807, 2.05) is 13.0 Å². The van der Waals surface area contributed by atoms with Gasteiger partial charge in [-0.3, -0.25) is 9.29 Å². The molecule has 0 aliphatic heterocycles. The summed E-state index contributed by atoms with van der Waals surface area (Å²) in [6.45, 7) is 1.81. The van der Waals surface area contributed by atoms with Crippen molar-refractivity contribution in [2.24, 2.45) is 0 Å². The van der Waals surface area contributed by atoms with Crippen LogP contribution in [0.4, 0.5) is 5.82 Å². The lowest BCUT2D eigenvalue weighted by Crippen LogP contribution is -2.27. The molecule has 0 N–H and O–H groups in total. The van der Waals surface area contributed by atoms with Crippen molar-refractivity contribution in [1.29, 1.82) is 0 Å². The highest BCUT2D eigenvalue weighted by molar-refractivity contribution is 7.92. The van der Waals surface area contributed by atoms with Gasteiger partial charge in [-0.1, -0.05) is 6.07 Å². The number of nitrogens with zero attached hydrogens (tertiary/aromatic N) is 3. The predicted octanol–water partition coefficient (Wildman–Crippen LogP) is 1.61. The molecule has 0 saturated carbocycles. The van der Waals surface area contributed by atoms with Gasteiger partial charge in [0.15, 0.2) is 0 Å². The Hall–Kier alpha value is -1.95. The van der Waals surface area contributed by atoms with Crippen molar-refractivity contribution in [3.8, 4) is 0 Å². The first-order valence-corrected chi connectivity index (χ1v) is 6.78. The minimum atomic E-state index is -3.60. The van der Waals surface area contributed by atoms with E-state index in [1.165, 1.54) is 25.5 Å². The molecule has 18 heavy (non-hydrogen) atoms. The monoisotopic (exact) mass is 263 g/mol. The van der Waals surface area contributed by atoms with Crippen LogP contribution >= 0.6 is 0 Å². The molecule has 0 amide bonds. The fourth-order valence-corrected chi connectivity index (χ4v) is 2.59. The molecule has 0 unspecified atom stereocenters. The Morgan fingerprint density at radius 1 is 1.17 bits per heavy atom. The molecule has 2 aromatic rings. The molecule has 94 valence electrons. The van der Waals surface area contributed by atoms with Crippen molar-refractivity contribution in [2.45, 2.75) is 11.8 Å². The Bertz CT molecular complexity index is 641. The molecule has 2 rings (SSSR count). The zero-order valence-corrected chi connectivity index (χ0v) is 10.9. The molecular formula is C12H13N3O2S. The van der Waals surface area contributed by atoms with Gasteiger partial charge in [0.2, 0.25) is 0 Å². The second kappa shape index (κ2) is 4.73. The Balaban J connectivity index is 2.43. The predicted molar refractivity (Wildman–Crippen MR) is 68.8 cm³/mol. The first-order chi connectivity index (χ1) is 8.51. The first-order valence-electron chi connectivity index (χ1n) is 5.34. The van der Waals surface area contributed by atoms with Crippen molar-refractivity contribution in [3.63, 3.8) is 0 Å². The van der Waals surface area contributed by atoms with Crippen LogP contribution < -0.4 is 4.31 Å². The van der Waals surface area contributed by atoms with E-state index in [0.717, 1.165) is 10.00 Å². The summed E-state index contributed by atoms with van der Waals surface area (Å²) in [7, 11) is -2.12. The number of rotatable bonds is 3. The average molecular weight is 263 g/mol. The highest BCUT2D eigenvalue weighted by Gasteiger charge is 2.22. The van der Waals surface area contributed by atoms with E-state index in [4.69, 9.17) is 0 Å². The normalized spacial score (nSPS) is 11.2. The molecule has 0 bridgehead atoms. The lowest BCUT2D eigenvalue weighted by Gasteiger charge is -2.18. The van der Waals surface area contributed by atoms with Crippen LogP contribution in [-0.2, 0) is 10.0 Å². The third-order valence-corrected chi connectivity index (χ3v) is 4.23. The number of pyridine rings is 2. The number of sulfonamides is 1. The number of aryl methyl sites for hydroxylation is 1. The van der Waals surface area contributed by atoms with Crippen molar-refractivity contribution in [2.75, 3.05) is 11.4 Å². The quantitative estimate of drug-likeness (QED) is 0.844. The molecule has 0 saturated heterocycles. The Morgan fingerprint density at radius 3 is 2.56 bits per heavy atom.